The van der Waals surface area contributed by atoms with Crippen LogP contribution in [0, 0.1) is 11.7 Å². The Labute approximate surface area is 152 Å². The summed E-state index contributed by atoms with van der Waals surface area (Å²) in [5, 5.41) is 2.79. The average Bonchev–Trinajstić information content (AvgIpc) is 3.44. The van der Waals surface area contributed by atoms with Crippen LogP contribution in [0.1, 0.15) is 18.4 Å². The lowest BCUT2D eigenvalue weighted by atomic mass is 10.1. The van der Waals surface area contributed by atoms with E-state index in [1.54, 1.807) is 0 Å². The largest absolute Gasteiger partial charge is 0.354 e. The van der Waals surface area contributed by atoms with Gasteiger partial charge in [0.25, 0.3) is 0 Å². The first kappa shape index (κ1) is 18.5. The quantitative estimate of drug-likeness (QED) is 0.742. The summed E-state index contributed by atoms with van der Waals surface area (Å²) in [7, 11) is -4.16. The number of hydrogen-bond donors (Lipinski definition) is 2. The average molecular weight is 376 g/mol. The molecule has 1 aliphatic rings. The summed E-state index contributed by atoms with van der Waals surface area (Å²) in [6.45, 7) is 0.533. The highest BCUT2D eigenvalue weighted by Crippen LogP contribution is 2.27. The molecule has 0 spiro atoms. The Balaban J connectivity index is 1.79. The second-order valence-corrected chi connectivity index (χ2v) is 8.16. The van der Waals surface area contributed by atoms with Crippen molar-refractivity contribution in [2.45, 2.75) is 30.2 Å². The zero-order chi connectivity index (χ0) is 18.6. The number of carbonyl (C=O) groups excluding carboxylic acids is 1. The van der Waals surface area contributed by atoms with Crippen molar-refractivity contribution in [1.29, 1.82) is 0 Å². The van der Waals surface area contributed by atoms with E-state index in [0.29, 0.717) is 12.5 Å². The highest BCUT2D eigenvalue weighted by Gasteiger charge is 2.29. The van der Waals surface area contributed by atoms with Crippen LogP contribution in [-0.4, -0.2) is 26.9 Å². The van der Waals surface area contributed by atoms with Crippen LogP contribution in [0.25, 0.3) is 0 Å². The van der Waals surface area contributed by atoms with E-state index in [-0.39, 0.29) is 6.42 Å². The lowest BCUT2D eigenvalue weighted by Crippen LogP contribution is -2.48. The third-order valence-electron chi connectivity index (χ3n) is 4.28. The molecule has 138 valence electrons. The fraction of sp³-hybridized carbons (Fsp3) is 0.316. The van der Waals surface area contributed by atoms with E-state index in [1.807, 2.05) is 30.3 Å². The monoisotopic (exact) mass is 376 g/mol. The first-order valence-electron chi connectivity index (χ1n) is 8.54. The molecule has 1 amide bonds. The van der Waals surface area contributed by atoms with Crippen molar-refractivity contribution in [1.82, 2.24) is 10.0 Å². The van der Waals surface area contributed by atoms with Gasteiger partial charge in [0.2, 0.25) is 15.9 Å². The van der Waals surface area contributed by atoms with Gasteiger partial charge >= 0.3 is 0 Å². The molecule has 1 saturated carbocycles. The first-order valence-corrected chi connectivity index (χ1v) is 10.0. The zero-order valence-electron chi connectivity index (χ0n) is 14.2. The smallest absolute Gasteiger partial charge is 0.244 e. The minimum Gasteiger partial charge on any atom is -0.354 e. The fourth-order valence-corrected chi connectivity index (χ4v) is 3.92. The predicted octanol–water partition coefficient (Wildman–Crippen LogP) is 2.24. The van der Waals surface area contributed by atoms with Crippen LogP contribution in [0.4, 0.5) is 4.39 Å². The van der Waals surface area contributed by atoms with Gasteiger partial charge < -0.3 is 5.32 Å². The van der Waals surface area contributed by atoms with Crippen LogP contribution < -0.4 is 10.0 Å². The minimum absolute atomic E-state index is 0.186. The van der Waals surface area contributed by atoms with E-state index < -0.39 is 32.7 Å². The van der Waals surface area contributed by atoms with Crippen molar-refractivity contribution in [2.24, 2.45) is 5.92 Å². The summed E-state index contributed by atoms with van der Waals surface area (Å²) < 4.78 is 41.4. The van der Waals surface area contributed by atoms with Crippen LogP contribution in [0.2, 0.25) is 0 Å². The molecule has 7 heteroatoms. The van der Waals surface area contributed by atoms with E-state index in [9.17, 15) is 17.6 Å². The Hall–Kier alpha value is -2.25. The maximum Gasteiger partial charge on any atom is 0.244 e. The van der Waals surface area contributed by atoms with E-state index in [4.69, 9.17) is 0 Å². The highest BCUT2D eigenvalue weighted by atomic mass is 32.2. The van der Waals surface area contributed by atoms with Crippen molar-refractivity contribution >= 4 is 15.9 Å². The summed E-state index contributed by atoms with van der Waals surface area (Å²) in [5.74, 6) is -0.781. The Kier molecular flexibility index (Phi) is 5.68. The number of halogens is 1. The van der Waals surface area contributed by atoms with E-state index >= 15 is 0 Å². The standard InChI is InChI=1S/C19H21FN2O3S/c20-16-8-4-5-9-18(16)26(24,25)22-17(12-14-6-2-1-3-7-14)19(23)21-13-15-10-11-15/h1-9,15,17,22H,10-13H2,(H,21,23). The molecule has 2 aromatic rings. The number of benzene rings is 2. The molecule has 0 aliphatic heterocycles. The molecule has 5 nitrogen and oxygen atoms in total. The number of nitrogens with one attached hydrogen (secondary N) is 2. The first-order chi connectivity index (χ1) is 12.5. The molecule has 0 bridgehead atoms. The van der Waals surface area contributed by atoms with Crippen molar-refractivity contribution in [2.75, 3.05) is 6.54 Å². The molecule has 1 atom stereocenters. The Bertz CT molecular complexity index is 867. The second kappa shape index (κ2) is 7.97. The van der Waals surface area contributed by atoms with Gasteiger partial charge in [-0.25, -0.2) is 12.8 Å². The van der Waals surface area contributed by atoms with Crippen molar-refractivity contribution in [3.63, 3.8) is 0 Å². The number of rotatable bonds is 8. The molecule has 0 saturated heterocycles. The number of sulfonamides is 1. The summed E-state index contributed by atoms with van der Waals surface area (Å²) in [5.41, 5.74) is 0.815. The van der Waals surface area contributed by atoms with Gasteiger partial charge in [0.1, 0.15) is 16.8 Å². The molecule has 1 unspecified atom stereocenters. The summed E-state index contributed by atoms with van der Waals surface area (Å²) in [6.07, 6.45) is 2.33. The lowest BCUT2D eigenvalue weighted by molar-refractivity contribution is -0.122. The van der Waals surface area contributed by atoms with Gasteiger partial charge in [-0.1, -0.05) is 42.5 Å². The molecule has 0 aromatic heterocycles. The van der Waals surface area contributed by atoms with Gasteiger partial charge in [0.15, 0.2) is 0 Å². The number of amides is 1. The summed E-state index contributed by atoms with van der Waals surface area (Å²) >= 11 is 0. The Morgan fingerprint density at radius 1 is 1.08 bits per heavy atom. The van der Waals surface area contributed by atoms with Gasteiger partial charge in [-0.3, -0.25) is 4.79 Å². The molecular formula is C19H21FN2O3S. The fourth-order valence-electron chi connectivity index (χ4n) is 2.64. The third kappa shape index (κ3) is 4.89. The predicted molar refractivity (Wildman–Crippen MR) is 96.4 cm³/mol. The van der Waals surface area contributed by atoms with Gasteiger partial charge in [0.05, 0.1) is 0 Å². The molecule has 3 rings (SSSR count). The number of hydrogen-bond acceptors (Lipinski definition) is 3. The van der Waals surface area contributed by atoms with Crippen LogP contribution in [-0.2, 0) is 21.2 Å². The normalized spacial score (nSPS) is 15.4. The van der Waals surface area contributed by atoms with Crippen molar-refractivity contribution < 1.29 is 17.6 Å². The topological polar surface area (TPSA) is 75.3 Å². The summed E-state index contributed by atoms with van der Waals surface area (Å²) in [4.78, 5) is 12.1. The van der Waals surface area contributed by atoms with Gasteiger partial charge in [0, 0.05) is 6.54 Å². The Morgan fingerprint density at radius 2 is 1.73 bits per heavy atom. The highest BCUT2D eigenvalue weighted by molar-refractivity contribution is 7.89. The lowest BCUT2D eigenvalue weighted by Gasteiger charge is -2.19. The molecular weight excluding hydrogens is 355 g/mol. The minimum atomic E-state index is -4.16. The number of carbonyl (C=O) groups is 1. The van der Waals surface area contributed by atoms with Crippen LogP contribution in [0.3, 0.4) is 0 Å². The van der Waals surface area contributed by atoms with Gasteiger partial charge in [-0.2, -0.15) is 4.72 Å². The maximum absolute atomic E-state index is 13.9. The van der Waals surface area contributed by atoms with E-state index in [1.165, 1.54) is 18.2 Å². The van der Waals surface area contributed by atoms with E-state index in [0.717, 1.165) is 24.5 Å². The SMILES string of the molecule is O=C(NCC1CC1)C(Cc1ccccc1)NS(=O)(=O)c1ccccc1F. The molecule has 1 aliphatic carbocycles. The van der Waals surface area contributed by atoms with Gasteiger partial charge in [-0.15, -0.1) is 0 Å². The zero-order valence-corrected chi connectivity index (χ0v) is 15.0. The van der Waals surface area contributed by atoms with Crippen LogP contribution in [0.15, 0.2) is 59.5 Å². The maximum atomic E-state index is 13.9. The molecule has 0 heterocycles. The van der Waals surface area contributed by atoms with Crippen molar-refractivity contribution in [3.05, 3.63) is 66.0 Å². The molecule has 2 aromatic carbocycles. The van der Waals surface area contributed by atoms with Gasteiger partial charge in [-0.05, 0) is 42.9 Å². The molecule has 1 fully saturated rings. The molecule has 0 radical (unpaired) electrons. The van der Waals surface area contributed by atoms with E-state index in [2.05, 4.69) is 10.0 Å². The molecule has 26 heavy (non-hydrogen) atoms. The second-order valence-electron chi connectivity index (χ2n) is 6.48. The Morgan fingerprint density at radius 3 is 2.38 bits per heavy atom. The van der Waals surface area contributed by atoms with Crippen molar-refractivity contribution in [3.8, 4) is 0 Å². The third-order valence-corrected chi connectivity index (χ3v) is 5.79. The van der Waals surface area contributed by atoms with Crippen LogP contribution >= 0.6 is 0 Å². The van der Waals surface area contributed by atoms with Crippen LogP contribution in [0.5, 0.6) is 0 Å². The molecule has 2 N–H and O–H groups in total. The summed E-state index contributed by atoms with van der Waals surface area (Å²) in [6, 6.07) is 13.2.